The Morgan fingerprint density at radius 2 is 1.24 bits per heavy atom. The molecule has 0 saturated carbocycles. The first-order chi connectivity index (χ1) is 22.1. The van der Waals surface area contributed by atoms with Gasteiger partial charge in [0.25, 0.3) is 0 Å². The average molecular weight is 652 g/mol. The molecule has 0 atom stereocenters. The number of fused-ring (bicyclic) bond motifs is 2. The normalized spacial score (nSPS) is 10.2. The second-order valence-electron chi connectivity index (χ2n) is 9.18. The van der Waals surface area contributed by atoms with Crippen molar-refractivity contribution in [3.63, 3.8) is 0 Å². The number of aromatic nitrogens is 8. The largest absolute Gasteiger partial charge is 0.436 e. The van der Waals surface area contributed by atoms with Gasteiger partial charge in [-0.05, 0) is 72.8 Å². The van der Waals surface area contributed by atoms with E-state index in [1.165, 1.54) is 12.7 Å². The summed E-state index contributed by atoms with van der Waals surface area (Å²) in [5.41, 5.74) is 11.9. The number of nitrogens with zero attached hydrogens (tertiary/aromatic N) is 8. The van der Waals surface area contributed by atoms with E-state index in [0.717, 1.165) is 44.8 Å². The smallest absolute Gasteiger partial charge is 0.228 e. The van der Waals surface area contributed by atoms with Gasteiger partial charge in [-0.3, -0.25) is 9.97 Å². The molecule has 2 aromatic carbocycles. The van der Waals surface area contributed by atoms with Crippen LogP contribution in [0.5, 0.6) is 0 Å². The van der Waals surface area contributed by atoms with Crippen LogP contribution >= 0.6 is 24.0 Å². The van der Waals surface area contributed by atoms with Gasteiger partial charge in [-0.25, -0.2) is 29.9 Å². The van der Waals surface area contributed by atoms with Crippen LogP contribution in [0.25, 0.3) is 45.1 Å². The zero-order valence-corrected chi connectivity index (χ0v) is 25.4. The number of rotatable bonds is 4. The van der Waals surface area contributed by atoms with E-state index in [1.807, 2.05) is 48.5 Å². The number of nitrogens with two attached hydrogens (primary N) is 1. The molecule has 228 valence electrons. The highest BCUT2D eigenvalue weighted by Crippen LogP contribution is 2.27. The lowest BCUT2D eigenvalue weighted by Crippen LogP contribution is -1.92. The molecule has 0 fully saturated rings. The van der Waals surface area contributed by atoms with Gasteiger partial charge >= 0.3 is 0 Å². The number of anilines is 3. The molecule has 0 unspecified atom stereocenters. The number of halogens is 2. The van der Waals surface area contributed by atoms with Crippen molar-refractivity contribution in [3.8, 4) is 22.9 Å². The van der Waals surface area contributed by atoms with Crippen molar-refractivity contribution in [1.29, 1.82) is 0 Å². The first-order valence-electron chi connectivity index (χ1n) is 13.4. The fourth-order valence-electron chi connectivity index (χ4n) is 3.96. The molecule has 0 spiro atoms. The highest BCUT2D eigenvalue weighted by molar-refractivity contribution is 6.29. The number of nitrogens with one attached hydrogen (secondary N) is 1. The van der Waals surface area contributed by atoms with Crippen LogP contribution in [-0.2, 0) is 0 Å². The van der Waals surface area contributed by atoms with Gasteiger partial charge in [-0.2, -0.15) is 0 Å². The fraction of sp³-hybridized carbons (Fsp3) is 0. The maximum absolute atomic E-state index is 5.75. The van der Waals surface area contributed by atoms with Crippen molar-refractivity contribution < 1.29 is 8.83 Å². The number of hydrogen-bond acceptors (Lipinski definition) is 12. The Bertz CT molecular complexity index is 2120. The molecule has 0 amide bonds. The van der Waals surface area contributed by atoms with Gasteiger partial charge in [0.05, 0.1) is 11.1 Å². The van der Waals surface area contributed by atoms with E-state index in [2.05, 4.69) is 45.2 Å². The predicted molar refractivity (Wildman–Crippen MR) is 178 cm³/mol. The third kappa shape index (κ3) is 8.14. The Hall–Kier alpha value is -5.98. The van der Waals surface area contributed by atoms with Crippen LogP contribution in [0.2, 0.25) is 5.15 Å². The van der Waals surface area contributed by atoms with Crippen LogP contribution < -0.4 is 11.1 Å². The van der Waals surface area contributed by atoms with Gasteiger partial charge in [-0.15, -0.1) is 12.4 Å². The summed E-state index contributed by atoms with van der Waals surface area (Å²) in [6, 6.07) is 22.1. The molecule has 0 aliphatic rings. The number of nitrogen functional groups attached to an aromatic ring is 1. The molecule has 0 bridgehead atoms. The van der Waals surface area contributed by atoms with Crippen LogP contribution in [-0.4, -0.2) is 39.9 Å². The average Bonchev–Trinajstić information content (AvgIpc) is 3.71. The van der Waals surface area contributed by atoms with Crippen LogP contribution in [0.1, 0.15) is 0 Å². The van der Waals surface area contributed by atoms with Gasteiger partial charge in [0, 0.05) is 48.6 Å². The number of oxazole rings is 2. The number of benzene rings is 2. The number of pyridine rings is 2. The van der Waals surface area contributed by atoms with E-state index < -0.39 is 0 Å². The summed E-state index contributed by atoms with van der Waals surface area (Å²) in [5, 5.41) is 3.68. The van der Waals surface area contributed by atoms with E-state index in [0.29, 0.717) is 22.6 Å². The molecule has 0 aliphatic heterocycles. The molecule has 14 heteroatoms. The quantitative estimate of drug-likeness (QED) is 0.143. The summed E-state index contributed by atoms with van der Waals surface area (Å²) in [6.07, 6.45) is 13.1. The monoisotopic (exact) mass is 650 g/mol. The fourth-order valence-corrected chi connectivity index (χ4v) is 4.06. The van der Waals surface area contributed by atoms with E-state index in [9.17, 15) is 0 Å². The molecule has 6 heterocycles. The lowest BCUT2D eigenvalue weighted by molar-refractivity contribution is 0.619. The molecule has 0 saturated heterocycles. The molecular formula is C32H24Cl2N10O2. The molecule has 3 N–H and O–H groups in total. The topological polar surface area (TPSA) is 167 Å². The van der Waals surface area contributed by atoms with Crippen molar-refractivity contribution in [2.45, 2.75) is 0 Å². The van der Waals surface area contributed by atoms with Crippen molar-refractivity contribution >= 4 is 63.4 Å². The molecule has 46 heavy (non-hydrogen) atoms. The molecule has 8 rings (SSSR count). The Kier molecular flexibility index (Phi) is 10.4. The summed E-state index contributed by atoms with van der Waals surface area (Å²) in [5.74, 6) is 1.85. The van der Waals surface area contributed by atoms with Crippen molar-refractivity contribution in [2.75, 3.05) is 11.1 Å². The minimum absolute atomic E-state index is 0. The minimum atomic E-state index is 0. The Morgan fingerprint density at radius 3 is 1.76 bits per heavy atom. The predicted octanol–water partition coefficient (Wildman–Crippen LogP) is 7.45. The zero-order chi connectivity index (χ0) is 30.8. The van der Waals surface area contributed by atoms with Gasteiger partial charge in [-0.1, -0.05) is 11.6 Å². The summed E-state index contributed by atoms with van der Waals surface area (Å²) >= 11 is 5.39. The van der Waals surface area contributed by atoms with Gasteiger partial charge in [0.2, 0.25) is 11.8 Å². The summed E-state index contributed by atoms with van der Waals surface area (Å²) < 4.78 is 11.4. The van der Waals surface area contributed by atoms with E-state index in [4.69, 9.17) is 26.2 Å². The third-order valence-corrected chi connectivity index (χ3v) is 6.24. The van der Waals surface area contributed by atoms with Crippen LogP contribution in [0.4, 0.5) is 17.2 Å². The second-order valence-corrected chi connectivity index (χ2v) is 9.57. The zero-order valence-electron chi connectivity index (χ0n) is 23.8. The summed E-state index contributed by atoms with van der Waals surface area (Å²) in [7, 11) is 0. The third-order valence-electron chi connectivity index (χ3n) is 6.02. The van der Waals surface area contributed by atoms with Gasteiger partial charge in [0.15, 0.2) is 11.2 Å². The standard InChI is InChI=1S/C16H11N5O.C12H9N3O.C4H3ClN2.ClH/c1-2-11(9-17-6-1)16-21-13-8-12(3-4-14(13)22-16)20-15-5-7-18-10-19-15;13-9-3-4-11-10(6-9)15-12(16-11)8-2-1-5-14-7-8;5-4-1-2-6-3-7-4;/h1-10H,(H,18,19,20);1-7H,13H2;1-3H;1H. The molecule has 0 aliphatic carbocycles. The molecule has 6 aromatic heterocycles. The molecular weight excluding hydrogens is 627 g/mol. The molecule has 0 radical (unpaired) electrons. The second kappa shape index (κ2) is 15.1. The SMILES string of the molecule is Cl.Clc1ccncn1.Nc1ccc2oc(-c3cccnc3)nc2c1.c1cncc(-c2nc3cc(Nc4ccncn4)ccc3o2)c1. The highest BCUT2D eigenvalue weighted by atomic mass is 35.5. The first kappa shape index (κ1) is 31.4. The van der Waals surface area contributed by atoms with E-state index in [1.54, 1.807) is 61.4 Å². The number of hydrogen-bond donors (Lipinski definition) is 2. The highest BCUT2D eigenvalue weighted by Gasteiger charge is 2.09. The lowest BCUT2D eigenvalue weighted by Gasteiger charge is -2.03. The van der Waals surface area contributed by atoms with E-state index in [-0.39, 0.29) is 12.4 Å². The Labute approximate surface area is 273 Å². The maximum atomic E-state index is 5.75. The molecule has 8 aromatic rings. The van der Waals surface area contributed by atoms with E-state index >= 15 is 0 Å². The van der Waals surface area contributed by atoms with Crippen molar-refractivity contribution in [1.82, 2.24) is 39.9 Å². The molecule has 12 nitrogen and oxygen atoms in total. The Balaban J connectivity index is 0.000000152. The van der Waals surface area contributed by atoms with Gasteiger partial charge < -0.3 is 19.9 Å². The minimum Gasteiger partial charge on any atom is -0.436 e. The van der Waals surface area contributed by atoms with Crippen molar-refractivity contribution in [2.24, 2.45) is 0 Å². The van der Waals surface area contributed by atoms with Crippen LogP contribution in [0.15, 0.2) is 131 Å². The first-order valence-corrected chi connectivity index (χ1v) is 13.8. The van der Waals surface area contributed by atoms with Crippen LogP contribution in [0.3, 0.4) is 0 Å². The Morgan fingerprint density at radius 1 is 0.630 bits per heavy atom. The lowest BCUT2D eigenvalue weighted by atomic mass is 10.3. The van der Waals surface area contributed by atoms with Crippen molar-refractivity contribution in [3.05, 3.63) is 128 Å². The maximum Gasteiger partial charge on any atom is 0.228 e. The van der Waals surface area contributed by atoms with Crippen LogP contribution in [0, 0.1) is 0 Å². The van der Waals surface area contributed by atoms with Gasteiger partial charge in [0.1, 0.15) is 34.7 Å². The summed E-state index contributed by atoms with van der Waals surface area (Å²) in [6.45, 7) is 0. The summed E-state index contributed by atoms with van der Waals surface area (Å²) in [4.78, 5) is 32.3.